The van der Waals surface area contributed by atoms with Gasteiger partial charge in [-0.3, -0.25) is 4.79 Å². The Bertz CT molecular complexity index is 483. The van der Waals surface area contributed by atoms with Gasteiger partial charge >= 0.3 is 11.9 Å². The van der Waals surface area contributed by atoms with E-state index in [0.717, 1.165) is 12.8 Å². The molecular weight excluding hydrogens is 400 g/mol. The molecule has 0 spiro atoms. The van der Waals surface area contributed by atoms with Gasteiger partial charge in [0.1, 0.15) is 6.10 Å². The SMILES string of the molecule is CCCCCCCCCCCCCCCCCC(=O)O[C@H](CO)[C@H]1OC(=O)[C@H](O)[C@H]1O. The molecule has 31 heavy (non-hydrogen) atoms. The zero-order valence-electron chi connectivity index (χ0n) is 19.3. The summed E-state index contributed by atoms with van der Waals surface area (Å²) in [6.45, 7) is 1.66. The Hall–Kier alpha value is -1.18. The molecule has 0 aromatic rings. The Kier molecular flexibility index (Phi) is 15.6. The summed E-state index contributed by atoms with van der Waals surface area (Å²) >= 11 is 0. The molecule has 1 aliphatic heterocycles. The predicted molar refractivity (Wildman–Crippen MR) is 118 cm³/mol. The molecule has 7 nitrogen and oxygen atoms in total. The van der Waals surface area contributed by atoms with E-state index in [9.17, 15) is 24.9 Å². The van der Waals surface area contributed by atoms with Crippen LogP contribution in [0.15, 0.2) is 0 Å². The molecule has 0 unspecified atom stereocenters. The van der Waals surface area contributed by atoms with E-state index in [2.05, 4.69) is 6.92 Å². The summed E-state index contributed by atoms with van der Waals surface area (Å²) in [5.41, 5.74) is 0. The summed E-state index contributed by atoms with van der Waals surface area (Å²) < 4.78 is 9.93. The Morgan fingerprint density at radius 1 is 0.871 bits per heavy atom. The second-order valence-corrected chi connectivity index (χ2v) is 8.75. The van der Waals surface area contributed by atoms with E-state index in [4.69, 9.17) is 9.47 Å². The minimum atomic E-state index is -1.67. The van der Waals surface area contributed by atoms with Gasteiger partial charge in [-0.2, -0.15) is 0 Å². The summed E-state index contributed by atoms with van der Waals surface area (Å²) in [5.74, 6) is -1.48. The van der Waals surface area contributed by atoms with E-state index < -0.39 is 43.0 Å². The average Bonchev–Trinajstić information content (AvgIpc) is 3.02. The van der Waals surface area contributed by atoms with Crippen molar-refractivity contribution in [2.24, 2.45) is 0 Å². The van der Waals surface area contributed by atoms with Gasteiger partial charge in [0.2, 0.25) is 0 Å². The molecule has 1 fully saturated rings. The molecule has 0 aliphatic carbocycles. The lowest BCUT2D eigenvalue weighted by molar-refractivity contribution is -0.168. The van der Waals surface area contributed by atoms with Crippen LogP contribution in [0.5, 0.6) is 0 Å². The molecule has 0 radical (unpaired) electrons. The maximum Gasteiger partial charge on any atom is 0.338 e. The Morgan fingerprint density at radius 2 is 1.32 bits per heavy atom. The van der Waals surface area contributed by atoms with Gasteiger partial charge in [-0.25, -0.2) is 4.79 Å². The average molecular weight is 445 g/mol. The molecule has 7 heteroatoms. The third-order valence-electron chi connectivity index (χ3n) is 5.97. The van der Waals surface area contributed by atoms with Crippen LogP contribution in [0.4, 0.5) is 0 Å². The number of esters is 2. The molecule has 1 rings (SSSR count). The number of carbonyl (C=O) groups is 2. The van der Waals surface area contributed by atoms with Crippen molar-refractivity contribution in [2.75, 3.05) is 6.61 Å². The first-order valence-electron chi connectivity index (χ1n) is 12.4. The van der Waals surface area contributed by atoms with Crippen molar-refractivity contribution in [1.82, 2.24) is 0 Å². The monoisotopic (exact) mass is 444 g/mol. The van der Waals surface area contributed by atoms with Gasteiger partial charge < -0.3 is 24.8 Å². The number of hydrogen-bond donors (Lipinski definition) is 3. The van der Waals surface area contributed by atoms with Gasteiger partial charge in [-0.15, -0.1) is 0 Å². The normalized spacial score (nSPS) is 21.8. The molecule has 0 amide bonds. The van der Waals surface area contributed by atoms with Gasteiger partial charge in [-0.1, -0.05) is 96.8 Å². The number of cyclic esters (lactones) is 1. The van der Waals surface area contributed by atoms with E-state index in [-0.39, 0.29) is 6.42 Å². The molecule has 3 N–H and O–H groups in total. The topological polar surface area (TPSA) is 113 Å². The minimum absolute atomic E-state index is 0.216. The fourth-order valence-electron chi connectivity index (χ4n) is 3.97. The smallest absolute Gasteiger partial charge is 0.338 e. The van der Waals surface area contributed by atoms with E-state index in [0.29, 0.717) is 6.42 Å². The number of unbranched alkanes of at least 4 members (excludes halogenated alkanes) is 14. The molecule has 1 heterocycles. The second kappa shape index (κ2) is 17.4. The highest BCUT2D eigenvalue weighted by molar-refractivity contribution is 5.78. The van der Waals surface area contributed by atoms with Crippen molar-refractivity contribution in [1.29, 1.82) is 0 Å². The first kappa shape index (κ1) is 27.9. The third-order valence-corrected chi connectivity index (χ3v) is 5.97. The molecule has 0 saturated carbocycles. The summed E-state index contributed by atoms with van der Waals surface area (Å²) in [5, 5.41) is 28.5. The number of ether oxygens (including phenoxy) is 2. The largest absolute Gasteiger partial charge is 0.456 e. The highest BCUT2D eigenvalue weighted by Crippen LogP contribution is 2.21. The molecule has 182 valence electrons. The maximum absolute atomic E-state index is 12.0. The standard InChI is InChI=1S/C24H44O7/c1-2-3-4-5-6-7-8-9-10-11-12-13-14-15-16-17-20(26)30-19(18-25)23-21(27)22(28)24(29)31-23/h19,21-23,25,27-28H,2-18H2,1H3/t19-,21-,22-,23-/m1/s1. The Labute approximate surface area is 187 Å². The van der Waals surface area contributed by atoms with Crippen molar-refractivity contribution in [3.05, 3.63) is 0 Å². The molecular formula is C24H44O7. The van der Waals surface area contributed by atoms with Gasteiger partial charge in [-0.05, 0) is 6.42 Å². The molecule has 1 saturated heterocycles. The summed E-state index contributed by atoms with van der Waals surface area (Å²) in [6, 6.07) is 0. The molecule has 0 aromatic heterocycles. The van der Waals surface area contributed by atoms with Crippen molar-refractivity contribution in [3.63, 3.8) is 0 Å². The van der Waals surface area contributed by atoms with Gasteiger partial charge in [0, 0.05) is 6.42 Å². The van der Waals surface area contributed by atoms with Crippen LogP contribution in [0.1, 0.15) is 110 Å². The third kappa shape index (κ3) is 11.9. The summed E-state index contributed by atoms with van der Waals surface area (Å²) in [7, 11) is 0. The summed E-state index contributed by atoms with van der Waals surface area (Å²) in [6.07, 6.45) is 13.3. The minimum Gasteiger partial charge on any atom is -0.456 e. The van der Waals surface area contributed by atoms with Crippen molar-refractivity contribution in [2.45, 2.75) is 134 Å². The summed E-state index contributed by atoms with van der Waals surface area (Å²) in [4.78, 5) is 23.2. The maximum atomic E-state index is 12.0. The second-order valence-electron chi connectivity index (χ2n) is 8.75. The lowest BCUT2D eigenvalue weighted by Gasteiger charge is -2.23. The molecule has 1 aliphatic rings. The number of rotatable bonds is 19. The van der Waals surface area contributed by atoms with Crippen molar-refractivity contribution < 1.29 is 34.4 Å². The highest BCUT2D eigenvalue weighted by Gasteiger charge is 2.47. The van der Waals surface area contributed by atoms with Crippen LogP contribution in [0.25, 0.3) is 0 Å². The number of hydrogen-bond acceptors (Lipinski definition) is 7. The van der Waals surface area contributed by atoms with E-state index in [1.54, 1.807) is 0 Å². The fraction of sp³-hybridized carbons (Fsp3) is 0.917. The number of carbonyl (C=O) groups excluding carboxylic acids is 2. The van der Waals surface area contributed by atoms with Crippen LogP contribution in [0, 0.1) is 0 Å². The zero-order valence-corrected chi connectivity index (χ0v) is 19.3. The van der Waals surface area contributed by atoms with Crippen molar-refractivity contribution >= 4 is 11.9 Å². The Balaban J connectivity index is 1.95. The first-order chi connectivity index (χ1) is 15.0. The Morgan fingerprint density at radius 3 is 1.71 bits per heavy atom. The van der Waals surface area contributed by atoms with Crippen LogP contribution in [0.3, 0.4) is 0 Å². The first-order valence-corrected chi connectivity index (χ1v) is 12.4. The molecule has 0 aromatic carbocycles. The quantitative estimate of drug-likeness (QED) is 0.205. The zero-order chi connectivity index (χ0) is 22.9. The van der Waals surface area contributed by atoms with E-state index >= 15 is 0 Å². The lowest BCUT2D eigenvalue weighted by Crippen LogP contribution is -2.43. The van der Waals surface area contributed by atoms with E-state index in [1.807, 2.05) is 0 Å². The van der Waals surface area contributed by atoms with Crippen LogP contribution in [0.2, 0.25) is 0 Å². The van der Waals surface area contributed by atoms with Crippen LogP contribution in [-0.2, 0) is 19.1 Å². The lowest BCUT2D eigenvalue weighted by atomic mass is 10.0. The van der Waals surface area contributed by atoms with Crippen molar-refractivity contribution in [3.8, 4) is 0 Å². The molecule has 0 bridgehead atoms. The van der Waals surface area contributed by atoms with E-state index in [1.165, 1.54) is 77.0 Å². The van der Waals surface area contributed by atoms with Crippen LogP contribution < -0.4 is 0 Å². The van der Waals surface area contributed by atoms with Gasteiger partial charge in [0.15, 0.2) is 18.3 Å². The molecule has 4 atom stereocenters. The van der Waals surface area contributed by atoms with Gasteiger partial charge in [0.05, 0.1) is 6.61 Å². The number of aliphatic hydroxyl groups is 3. The van der Waals surface area contributed by atoms with Crippen LogP contribution >= 0.6 is 0 Å². The fourth-order valence-corrected chi connectivity index (χ4v) is 3.97. The van der Waals surface area contributed by atoms with Crippen LogP contribution in [-0.4, -0.2) is 58.3 Å². The number of aliphatic hydroxyl groups excluding tert-OH is 3. The highest BCUT2D eigenvalue weighted by atomic mass is 16.6. The van der Waals surface area contributed by atoms with Gasteiger partial charge in [0.25, 0.3) is 0 Å². The predicted octanol–water partition coefficient (Wildman–Crippen LogP) is 3.80.